The number of thiocarbonyl (C=S) groups is 1. The lowest BCUT2D eigenvalue weighted by molar-refractivity contribution is 0.0832. The van der Waals surface area contributed by atoms with Gasteiger partial charge in [-0.05, 0) is 23.3 Å². The van der Waals surface area contributed by atoms with E-state index in [0.29, 0.717) is 43.5 Å². The molecule has 0 unspecified atom stereocenters. The third-order valence-electron chi connectivity index (χ3n) is 5.19. The zero-order chi connectivity index (χ0) is 23.0. The molecule has 4 rings (SSSR count). The summed E-state index contributed by atoms with van der Waals surface area (Å²) in [5.41, 5.74) is 2.96. The molecule has 1 aliphatic rings. The molecule has 0 atom stereocenters. The molecule has 10 heteroatoms. The molecule has 33 heavy (non-hydrogen) atoms. The van der Waals surface area contributed by atoms with E-state index in [2.05, 4.69) is 15.2 Å². The number of amides is 1. The fourth-order valence-corrected chi connectivity index (χ4v) is 4.62. The minimum absolute atomic E-state index is 0.283. The Labute approximate surface area is 207 Å². The molecular weight excluding hydrogens is 478 g/mol. The van der Waals surface area contributed by atoms with E-state index in [0.717, 1.165) is 21.1 Å². The van der Waals surface area contributed by atoms with Crippen molar-refractivity contribution in [2.45, 2.75) is 18.9 Å². The molecule has 3 aromatic rings. The summed E-state index contributed by atoms with van der Waals surface area (Å²) >= 11 is 13.1. The van der Waals surface area contributed by atoms with Gasteiger partial charge in [0.15, 0.2) is 0 Å². The second-order valence-electron chi connectivity index (χ2n) is 7.60. The Bertz CT molecular complexity index is 1070. The number of hydrogen-bond donors (Lipinski definition) is 0. The third-order valence-corrected chi connectivity index (χ3v) is 7.00. The molecule has 2 aromatic carbocycles. The first-order valence-corrected chi connectivity index (χ1v) is 12.3. The highest BCUT2D eigenvalue weighted by Gasteiger charge is 2.23. The number of thioether (sulfide) groups is 1. The maximum Gasteiger partial charge on any atom is 0.410 e. The van der Waals surface area contributed by atoms with Crippen LogP contribution in [0.2, 0.25) is 5.02 Å². The first kappa shape index (κ1) is 23.5. The highest BCUT2D eigenvalue weighted by molar-refractivity contribution is 8.22. The van der Waals surface area contributed by atoms with E-state index in [1.807, 2.05) is 65.5 Å². The van der Waals surface area contributed by atoms with E-state index in [1.165, 1.54) is 0 Å². The maximum absolute atomic E-state index is 12.3. The number of benzene rings is 2. The summed E-state index contributed by atoms with van der Waals surface area (Å²) in [4.78, 5) is 16.2. The van der Waals surface area contributed by atoms with E-state index >= 15 is 0 Å². The number of piperazine rings is 1. The van der Waals surface area contributed by atoms with Crippen molar-refractivity contribution in [2.75, 3.05) is 26.2 Å². The van der Waals surface area contributed by atoms with Gasteiger partial charge < -0.3 is 14.5 Å². The molecular formula is C23H24ClN5O2S2. The minimum atomic E-state index is -0.283. The summed E-state index contributed by atoms with van der Waals surface area (Å²) in [6.07, 6.45) is 1.65. The maximum atomic E-state index is 12.3. The number of nitrogens with zero attached hydrogens (tertiary/aromatic N) is 5. The summed E-state index contributed by atoms with van der Waals surface area (Å²) in [5, 5.41) is 9.16. The molecule has 1 amide bonds. The standard InChI is InChI=1S/C23H24ClN5O2S2/c24-20-8-6-18(7-9-20)14-29-15-21(25-26-29)17-33-23(32)28-12-10-27(11-13-28)22(30)31-16-19-4-2-1-3-5-19/h1-9,15H,10-14,16-17H2. The van der Waals surface area contributed by atoms with Gasteiger partial charge in [0.25, 0.3) is 0 Å². The second-order valence-corrected chi connectivity index (χ2v) is 9.65. The number of aromatic nitrogens is 3. The molecule has 7 nitrogen and oxygen atoms in total. The summed E-state index contributed by atoms with van der Waals surface area (Å²) in [6, 6.07) is 17.4. The predicted octanol–water partition coefficient (Wildman–Crippen LogP) is 4.45. The Kier molecular flexibility index (Phi) is 8.20. The van der Waals surface area contributed by atoms with Crippen molar-refractivity contribution in [1.29, 1.82) is 0 Å². The van der Waals surface area contributed by atoms with Crippen LogP contribution in [0.3, 0.4) is 0 Å². The fourth-order valence-electron chi connectivity index (χ4n) is 3.37. The summed E-state index contributed by atoms with van der Waals surface area (Å²) in [7, 11) is 0. The third kappa shape index (κ3) is 6.93. The van der Waals surface area contributed by atoms with Crippen molar-refractivity contribution in [1.82, 2.24) is 24.8 Å². The second kappa shape index (κ2) is 11.5. The van der Waals surface area contributed by atoms with Crippen molar-refractivity contribution in [3.05, 3.63) is 82.6 Å². The molecule has 1 saturated heterocycles. The van der Waals surface area contributed by atoms with Crippen molar-refractivity contribution >= 4 is 46.0 Å². The zero-order valence-corrected chi connectivity index (χ0v) is 20.4. The Hall–Kier alpha value is -2.62. The summed E-state index contributed by atoms with van der Waals surface area (Å²) in [5.74, 6) is 0.652. The number of rotatable bonds is 6. The molecule has 0 radical (unpaired) electrons. The van der Waals surface area contributed by atoms with Crippen molar-refractivity contribution in [3.8, 4) is 0 Å². The molecule has 1 aliphatic heterocycles. The van der Waals surface area contributed by atoms with Gasteiger partial charge in [-0.3, -0.25) is 0 Å². The van der Waals surface area contributed by atoms with Crippen molar-refractivity contribution in [3.63, 3.8) is 0 Å². The summed E-state index contributed by atoms with van der Waals surface area (Å²) < 4.78 is 8.04. The smallest absolute Gasteiger partial charge is 0.410 e. The molecule has 172 valence electrons. The molecule has 2 heterocycles. The summed E-state index contributed by atoms with van der Waals surface area (Å²) in [6.45, 7) is 3.48. The Morgan fingerprint density at radius 1 is 1.00 bits per heavy atom. The number of halogens is 1. The molecule has 0 spiro atoms. The first-order chi connectivity index (χ1) is 16.1. The lowest BCUT2D eigenvalue weighted by Crippen LogP contribution is -2.49. The Morgan fingerprint density at radius 3 is 2.42 bits per heavy atom. The Morgan fingerprint density at radius 2 is 1.70 bits per heavy atom. The zero-order valence-electron chi connectivity index (χ0n) is 18.0. The highest BCUT2D eigenvalue weighted by atomic mass is 35.5. The monoisotopic (exact) mass is 501 g/mol. The van der Waals surface area contributed by atoms with Gasteiger partial charge in [-0.25, -0.2) is 9.48 Å². The van der Waals surface area contributed by atoms with Crippen LogP contribution in [0.15, 0.2) is 60.8 Å². The van der Waals surface area contributed by atoms with Gasteiger partial charge in [-0.15, -0.1) is 5.10 Å². The van der Waals surface area contributed by atoms with E-state index in [1.54, 1.807) is 16.7 Å². The van der Waals surface area contributed by atoms with Crippen LogP contribution in [0.5, 0.6) is 0 Å². The lowest BCUT2D eigenvalue weighted by atomic mass is 10.2. The van der Waals surface area contributed by atoms with Crippen LogP contribution in [0.1, 0.15) is 16.8 Å². The van der Waals surface area contributed by atoms with Gasteiger partial charge in [0.2, 0.25) is 0 Å². The lowest BCUT2D eigenvalue weighted by Gasteiger charge is -2.35. The van der Waals surface area contributed by atoms with Crippen LogP contribution < -0.4 is 0 Å². The largest absolute Gasteiger partial charge is 0.445 e. The van der Waals surface area contributed by atoms with Crippen LogP contribution >= 0.6 is 35.6 Å². The Balaban J connectivity index is 1.18. The van der Waals surface area contributed by atoms with Gasteiger partial charge in [-0.1, -0.05) is 83.3 Å². The molecule has 0 N–H and O–H groups in total. The van der Waals surface area contributed by atoms with Crippen LogP contribution in [0.25, 0.3) is 0 Å². The average Bonchev–Trinajstić information content (AvgIpc) is 3.30. The number of hydrogen-bond acceptors (Lipinski definition) is 6. The molecule has 1 fully saturated rings. The fraction of sp³-hybridized carbons (Fsp3) is 0.304. The number of ether oxygens (including phenoxy) is 1. The predicted molar refractivity (Wildman–Crippen MR) is 134 cm³/mol. The van der Waals surface area contributed by atoms with E-state index < -0.39 is 0 Å². The van der Waals surface area contributed by atoms with Gasteiger partial charge in [0.05, 0.1) is 12.2 Å². The van der Waals surface area contributed by atoms with Crippen molar-refractivity contribution < 1.29 is 9.53 Å². The van der Waals surface area contributed by atoms with Gasteiger partial charge in [-0.2, -0.15) is 0 Å². The SMILES string of the molecule is O=C(OCc1ccccc1)N1CCN(C(=S)SCc2cn(Cc3ccc(Cl)cc3)nn2)CC1. The van der Waals surface area contributed by atoms with Crippen LogP contribution in [0.4, 0.5) is 4.79 Å². The van der Waals surface area contributed by atoms with Crippen LogP contribution in [-0.4, -0.2) is 61.4 Å². The quantitative estimate of drug-likeness (QED) is 0.462. The molecule has 1 aromatic heterocycles. The molecule has 0 aliphatic carbocycles. The number of carbonyl (C=O) groups is 1. The average molecular weight is 502 g/mol. The van der Waals surface area contributed by atoms with Crippen LogP contribution in [0, 0.1) is 0 Å². The molecule has 0 bridgehead atoms. The van der Waals surface area contributed by atoms with E-state index in [4.69, 9.17) is 28.6 Å². The number of carbonyl (C=O) groups excluding carboxylic acids is 1. The minimum Gasteiger partial charge on any atom is -0.445 e. The van der Waals surface area contributed by atoms with Gasteiger partial charge in [0, 0.05) is 43.2 Å². The van der Waals surface area contributed by atoms with Gasteiger partial charge in [0.1, 0.15) is 10.9 Å². The topological polar surface area (TPSA) is 63.5 Å². The highest BCUT2D eigenvalue weighted by Crippen LogP contribution is 2.18. The van der Waals surface area contributed by atoms with Crippen molar-refractivity contribution in [2.24, 2.45) is 0 Å². The first-order valence-electron chi connectivity index (χ1n) is 10.6. The van der Waals surface area contributed by atoms with Crippen LogP contribution in [-0.2, 0) is 23.6 Å². The molecule has 0 saturated carbocycles. The normalized spacial score (nSPS) is 13.7. The van der Waals surface area contributed by atoms with Gasteiger partial charge >= 0.3 is 6.09 Å². The van der Waals surface area contributed by atoms with E-state index in [9.17, 15) is 4.79 Å². The van der Waals surface area contributed by atoms with E-state index in [-0.39, 0.29) is 12.7 Å².